The molecule has 0 saturated heterocycles. The van der Waals surface area contributed by atoms with Gasteiger partial charge in [-0.3, -0.25) is 0 Å². The van der Waals surface area contributed by atoms with Crippen LogP contribution in [0.2, 0.25) is 5.02 Å². The van der Waals surface area contributed by atoms with Gasteiger partial charge in [0.2, 0.25) is 0 Å². The van der Waals surface area contributed by atoms with Crippen molar-refractivity contribution in [1.82, 2.24) is 0 Å². The van der Waals surface area contributed by atoms with E-state index in [0.717, 1.165) is 0 Å². The Kier molecular flexibility index (Phi) is 4.55. The third kappa shape index (κ3) is 3.32. The summed E-state index contributed by atoms with van der Waals surface area (Å²) in [6.45, 7) is 0. The van der Waals surface area contributed by atoms with Gasteiger partial charge < -0.3 is 5.11 Å². The fraction of sp³-hybridized carbons (Fsp3) is 0.143. The lowest BCUT2D eigenvalue weighted by molar-refractivity contribution is 0.172. The predicted octanol–water partition coefficient (Wildman–Crippen LogP) is 4.66. The lowest BCUT2D eigenvalue weighted by Crippen LogP contribution is -2.06. The zero-order valence-corrected chi connectivity index (χ0v) is 12.0. The van der Waals surface area contributed by atoms with Crippen LogP contribution in [0, 0.1) is 11.6 Å². The number of hydrogen-bond acceptors (Lipinski definition) is 1. The molecule has 2 aromatic rings. The van der Waals surface area contributed by atoms with E-state index in [1.165, 1.54) is 30.3 Å². The normalized spacial score (nSPS) is 12.5. The highest BCUT2D eigenvalue weighted by Crippen LogP contribution is 2.27. The molecule has 0 heterocycles. The number of rotatable bonds is 3. The van der Waals surface area contributed by atoms with Crippen molar-refractivity contribution in [2.45, 2.75) is 12.5 Å². The molecule has 0 amide bonds. The Bertz CT molecular complexity index is 604. The average Bonchev–Trinajstić information content (AvgIpc) is 2.37. The molecule has 1 nitrogen and oxygen atoms in total. The third-order valence-electron chi connectivity index (χ3n) is 2.76. The van der Waals surface area contributed by atoms with E-state index in [-0.39, 0.29) is 22.0 Å². The molecule has 5 heteroatoms. The molecule has 19 heavy (non-hydrogen) atoms. The molecule has 0 aromatic heterocycles. The molecule has 0 aliphatic carbocycles. The minimum atomic E-state index is -1.13. The van der Waals surface area contributed by atoms with Gasteiger partial charge in [0.05, 0.1) is 10.6 Å². The Morgan fingerprint density at radius 1 is 1.21 bits per heavy atom. The Balaban J connectivity index is 2.28. The molecule has 100 valence electrons. The van der Waals surface area contributed by atoms with Gasteiger partial charge in [0.15, 0.2) is 0 Å². The van der Waals surface area contributed by atoms with Crippen molar-refractivity contribution in [3.63, 3.8) is 0 Å². The van der Waals surface area contributed by atoms with Crippen LogP contribution in [0.15, 0.2) is 40.9 Å². The van der Waals surface area contributed by atoms with E-state index in [0.29, 0.717) is 5.02 Å². The Labute approximate surface area is 123 Å². The van der Waals surface area contributed by atoms with E-state index in [1.54, 1.807) is 6.07 Å². The van der Waals surface area contributed by atoms with Gasteiger partial charge in [-0.2, -0.15) is 0 Å². The van der Waals surface area contributed by atoms with Crippen LogP contribution in [0.3, 0.4) is 0 Å². The molecule has 0 saturated carbocycles. The van der Waals surface area contributed by atoms with Gasteiger partial charge >= 0.3 is 0 Å². The fourth-order valence-electron chi connectivity index (χ4n) is 1.80. The summed E-state index contributed by atoms with van der Waals surface area (Å²) < 4.78 is 27.6. The summed E-state index contributed by atoms with van der Waals surface area (Å²) in [7, 11) is 0. The second kappa shape index (κ2) is 5.99. The standard InChI is InChI=1S/C14H10BrClF2O/c15-11-3-1-2-10(14(11)18)13(19)7-8-6-9(16)4-5-12(8)17/h1-6,13,19H,7H2. The quantitative estimate of drug-likeness (QED) is 0.856. The summed E-state index contributed by atoms with van der Waals surface area (Å²) in [6, 6.07) is 8.68. The Morgan fingerprint density at radius 2 is 1.95 bits per heavy atom. The van der Waals surface area contributed by atoms with Crippen molar-refractivity contribution in [2.75, 3.05) is 0 Å². The van der Waals surface area contributed by atoms with Crippen molar-refractivity contribution in [3.05, 3.63) is 68.7 Å². The summed E-state index contributed by atoms with van der Waals surface area (Å²) in [4.78, 5) is 0. The monoisotopic (exact) mass is 346 g/mol. The third-order valence-corrected chi connectivity index (χ3v) is 3.61. The molecule has 0 spiro atoms. The van der Waals surface area contributed by atoms with Crippen molar-refractivity contribution in [3.8, 4) is 0 Å². The molecule has 1 N–H and O–H groups in total. The number of halogens is 4. The van der Waals surface area contributed by atoms with E-state index in [4.69, 9.17) is 11.6 Å². The van der Waals surface area contributed by atoms with Gasteiger partial charge in [-0.05, 0) is 45.8 Å². The maximum absolute atomic E-state index is 13.8. The first-order valence-electron chi connectivity index (χ1n) is 5.55. The van der Waals surface area contributed by atoms with Crippen LogP contribution in [0.4, 0.5) is 8.78 Å². The number of hydrogen-bond donors (Lipinski definition) is 1. The van der Waals surface area contributed by atoms with Gasteiger partial charge in [0.25, 0.3) is 0 Å². The van der Waals surface area contributed by atoms with Crippen LogP contribution < -0.4 is 0 Å². The molecule has 0 fully saturated rings. The largest absolute Gasteiger partial charge is 0.388 e. The molecule has 0 bridgehead atoms. The maximum Gasteiger partial charge on any atom is 0.143 e. The topological polar surface area (TPSA) is 20.2 Å². The first-order valence-corrected chi connectivity index (χ1v) is 6.72. The van der Waals surface area contributed by atoms with Gasteiger partial charge in [-0.1, -0.05) is 23.7 Å². The average molecular weight is 348 g/mol. The second-order valence-electron chi connectivity index (χ2n) is 4.10. The van der Waals surface area contributed by atoms with Crippen LogP contribution in [0.25, 0.3) is 0 Å². The number of aliphatic hydroxyl groups excluding tert-OH is 1. The van der Waals surface area contributed by atoms with Crippen LogP contribution in [-0.2, 0) is 6.42 Å². The van der Waals surface area contributed by atoms with Crippen LogP contribution in [0.5, 0.6) is 0 Å². The molecular weight excluding hydrogens is 338 g/mol. The molecule has 0 aliphatic rings. The Hall–Kier alpha value is -0.970. The lowest BCUT2D eigenvalue weighted by atomic mass is 10.0. The smallest absolute Gasteiger partial charge is 0.143 e. The van der Waals surface area contributed by atoms with Crippen molar-refractivity contribution < 1.29 is 13.9 Å². The molecular formula is C14H10BrClF2O. The van der Waals surface area contributed by atoms with Gasteiger partial charge in [0, 0.05) is 17.0 Å². The van der Waals surface area contributed by atoms with Crippen LogP contribution in [-0.4, -0.2) is 5.11 Å². The van der Waals surface area contributed by atoms with Gasteiger partial charge in [0.1, 0.15) is 11.6 Å². The van der Waals surface area contributed by atoms with Crippen LogP contribution >= 0.6 is 27.5 Å². The minimum absolute atomic E-state index is 0.0419. The molecule has 0 aliphatic heterocycles. The molecule has 1 atom stereocenters. The van der Waals surface area contributed by atoms with Crippen molar-refractivity contribution in [2.24, 2.45) is 0 Å². The van der Waals surface area contributed by atoms with E-state index >= 15 is 0 Å². The van der Waals surface area contributed by atoms with E-state index in [9.17, 15) is 13.9 Å². The molecule has 0 radical (unpaired) electrons. The zero-order valence-electron chi connectivity index (χ0n) is 9.71. The summed E-state index contributed by atoms with van der Waals surface area (Å²) in [6.07, 6.45) is -1.18. The summed E-state index contributed by atoms with van der Waals surface area (Å²) in [5, 5.41) is 10.4. The lowest BCUT2D eigenvalue weighted by Gasteiger charge is -2.13. The second-order valence-corrected chi connectivity index (χ2v) is 5.39. The van der Waals surface area contributed by atoms with E-state index < -0.39 is 17.7 Å². The first kappa shape index (κ1) is 14.4. The van der Waals surface area contributed by atoms with Crippen molar-refractivity contribution >= 4 is 27.5 Å². The molecule has 1 unspecified atom stereocenters. The summed E-state index contributed by atoms with van der Waals surface area (Å²) in [5.74, 6) is -1.02. The summed E-state index contributed by atoms with van der Waals surface area (Å²) in [5.41, 5.74) is 0.369. The zero-order chi connectivity index (χ0) is 14.0. The first-order chi connectivity index (χ1) is 8.99. The highest BCUT2D eigenvalue weighted by molar-refractivity contribution is 9.10. The van der Waals surface area contributed by atoms with Gasteiger partial charge in [-0.25, -0.2) is 8.78 Å². The fourth-order valence-corrected chi connectivity index (χ4v) is 2.37. The SMILES string of the molecule is OC(Cc1cc(Cl)ccc1F)c1cccc(Br)c1F. The van der Waals surface area contributed by atoms with Crippen LogP contribution in [0.1, 0.15) is 17.2 Å². The minimum Gasteiger partial charge on any atom is -0.388 e. The van der Waals surface area contributed by atoms with Gasteiger partial charge in [-0.15, -0.1) is 0 Å². The maximum atomic E-state index is 13.8. The van der Waals surface area contributed by atoms with Crippen molar-refractivity contribution in [1.29, 1.82) is 0 Å². The molecule has 2 rings (SSSR count). The predicted molar refractivity (Wildman–Crippen MR) is 74.2 cm³/mol. The summed E-state index contributed by atoms with van der Waals surface area (Å²) >= 11 is 8.82. The highest BCUT2D eigenvalue weighted by Gasteiger charge is 2.17. The van der Waals surface area contributed by atoms with E-state index in [1.807, 2.05) is 0 Å². The van der Waals surface area contributed by atoms with E-state index in [2.05, 4.69) is 15.9 Å². The number of benzene rings is 2. The number of aliphatic hydroxyl groups is 1. The Morgan fingerprint density at radius 3 is 2.68 bits per heavy atom. The highest BCUT2D eigenvalue weighted by atomic mass is 79.9. The molecule has 2 aromatic carbocycles.